The van der Waals surface area contributed by atoms with Gasteiger partial charge >= 0.3 is 0 Å². The van der Waals surface area contributed by atoms with Crippen LogP contribution in [0.25, 0.3) is 0 Å². The number of benzene rings is 2. The van der Waals surface area contributed by atoms with Gasteiger partial charge in [0.2, 0.25) is 5.91 Å². The number of hydrogen-bond donors (Lipinski definition) is 2. The van der Waals surface area contributed by atoms with Crippen molar-refractivity contribution in [3.63, 3.8) is 0 Å². The zero-order chi connectivity index (χ0) is 17.7. The summed E-state index contributed by atoms with van der Waals surface area (Å²) < 4.78 is 23.6. The lowest BCUT2D eigenvalue weighted by Gasteiger charge is -2.20. The van der Waals surface area contributed by atoms with Crippen LogP contribution in [0.15, 0.2) is 53.4 Å². The Kier molecular flexibility index (Phi) is 5.75. The van der Waals surface area contributed by atoms with Crippen molar-refractivity contribution in [2.75, 3.05) is 19.8 Å². The maximum atomic E-state index is 12.1. The molecule has 2 aromatic rings. The molecule has 0 saturated carbocycles. The van der Waals surface area contributed by atoms with E-state index in [1.54, 1.807) is 25.2 Å². The Bertz CT molecular complexity index is 814. The molecule has 6 heteroatoms. The summed E-state index contributed by atoms with van der Waals surface area (Å²) in [6.07, 6.45) is 1.17. The second-order valence-corrected chi connectivity index (χ2v) is 7.80. The quantitative estimate of drug-likeness (QED) is 0.837. The van der Waals surface area contributed by atoms with Gasteiger partial charge in [-0.1, -0.05) is 42.0 Å². The average molecular weight is 346 g/mol. The lowest BCUT2D eigenvalue weighted by molar-refractivity contribution is -0.120. The Hall–Kier alpha value is -2.18. The molecule has 0 unspecified atom stereocenters. The van der Waals surface area contributed by atoms with Crippen LogP contribution < -0.4 is 10.6 Å². The molecule has 0 radical (unpaired) electrons. The van der Waals surface area contributed by atoms with Gasteiger partial charge in [-0.3, -0.25) is 4.79 Å². The van der Waals surface area contributed by atoms with E-state index in [1.807, 2.05) is 37.3 Å². The summed E-state index contributed by atoms with van der Waals surface area (Å²) in [5, 5.41) is 5.76. The summed E-state index contributed by atoms with van der Waals surface area (Å²) in [6.45, 7) is 2.18. The second kappa shape index (κ2) is 7.59. The van der Waals surface area contributed by atoms with Crippen LogP contribution in [0, 0.1) is 6.92 Å². The molecular formula is C18H22N2O3S. The molecule has 0 aliphatic carbocycles. The zero-order valence-corrected chi connectivity index (χ0v) is 14.9. The van der Waals surface area contributed by atoms with Crippen LogP contribution in [0.2, 0.25) is 0 Å². The molecule has 2 rings (SSSR count). The largest absolute Gasteiger partial charge is 0.344 e. The molecule has 0 spiro atoms. The molecule has 1 atom stereocenters. The van der Waals surface area contributed by atoms with E-state index in [0.717, 1.165) is 16.7 Å². The number of amides is 1. The lowest BCUT2D eigenvalue weighted by atomic mass is 9.97. The first-order chi connectivity index (χ1) is 11.3. The first-order valence-corrected chi connectivity index (χ1v) is 9.51. The molecular weight excluding hydrogens is 324 g/mol. The standard InChI is InChI=1S/C18H22N2O3S/c1-13-7-9-14(10-8-13)18(20-17(21)12-19-2)15-5-4-6-16(11-15)24(3,22)23/h4-11,18-19H,12H2,1-3H3,(H,20,21)/t18-/m1/s1. The van der Waals surface area contributed by atoms with Crippen molar-refractivity contribution in [1.82, 2.24) is 10.6 Å². The highest BCUT2D eigenvalue weighted by atomic mass is 32.2. The van der Waals surface area contributed by atoms with Crippen LogP contribution in [0.4, 0.5) is 0 Å². The van der Waals surface area contributed by atoms with Crippen LogP contribution in [-0.2, 0) is 14.6 Å². The Balaban J connectivity index is 2.45. The van der Waals surface area contributed by atoms with E-state index in [9.17, 15) is 13.2 Å². The predicted octanol–water partition coefficient (Wildman–Crippen LogP) is 1.82. The topological polar surface area (TPSA) is 75.3 Å². The van der Waals surface area contributed by atoms with E-state index in [2.05, 4.69) is 10.6 Å². The number of aryl methyl sites for hydroxylation is 1. The maximum Gasteiger partial charge on any atom is 0.234 e. The molecule has 0 fully saturated rings. The third-order valence-electron chi connectivity index (χ3n) is 3.67. The monoisotopic (exact) mass is 346 g/mol. The summed E-state index contributed by atoms with van der Waals surface area (Å²) in [7, 11) is -1.61. The van der Waals surface area contributed by atoms with E-state index in [0.29, 0.717) is 0 Å². The van der Waals surface area contributed by atoms with Crippen molar-refractivity contribution < 1.29 is 13.2 Å². The van der Waals surface area contributed by atoms with Gasteiger partial charge in [0.05, 0.1) is 17.5 Å². The molecule has 0 bridgehead atoms. The number of likely N-dealkylation sites (N-methyl/N-ethyl adjacent to an activating group) is 1. The minimum Gasteiger partial charge on any atom is -0.344 e. The summed E-state index contributed by atoms with van der Waals surface area (Å²) >= 11 is 0. The Morgan fingerprint density at radius 1 is 1.08 bits per heavy atom. The highest BCUT2D eigenvalue weighted by molar-refractivity contribution is 7.90. The zero-order valence-electron chi connectivity index (χ0n) is 14.0. The van der Waals surface area contributed by atoms with Crippen LogP contribution in [0.1, 0.15) is 22.7 Å². The van der Waals surface area contributed by atoms with Crippen LogP contribution in [0.3, 0.4) is 0 Å². The molecule has 128 valence electrons. The van der Waals surface area contributed by atoms with Crippen LogP contribution in [0.5, 0.6) is 0 Å². The Morgan fingerprint density at radius 3 is 2.33 bits per heavy atom. The van der Waals surface area contributed by atoms with Crippen molar-refractivity contribution in [2.45, 2.75) is 17.9 Å². The molecule has 24 heavy (non-hydrogen) atoms. The smallest absolute Gasteiger partial charge is 0.234 e. The Morgan fingerprint density at radius 2 is 1.75 bits per heavy atom. The third-order valence-corrected chi connectivity index (χ3v) is 4.78. The normalized spacial score (nSPS) is 12.6. The molecule has 5 nitrogen and oxygen atoms in total. The van der Waals surface area contributed by atoms with E-state index < -0.39 is 15.9 Å². The van der Waals surface area contributed by atoms with E-state index in [4.69, 9.17) is 0 Å². The molecule has 2 N–H and O–H groups in total. The molecule has 0 aliphatic heterocycles. The highest BCUT2D eigenvalue weighted by Gasteiger charge is 2.18. The number of sulfone groups is 1. The third kappa shape index (κ3) is 4.66. The summed E-state index contributed by atoms with van der Waals surface area (Å²) in [4.78, 5) is 12.3. The SMILES string of the molecule is CNCC(=O)N[C@H](c1ccc(C)cc1)c1cccc(S(C)(=O)=O)c1. The number of carbonyl (C=O) groups excluding carboxylic acids is 1. The number of carbonyl (C=O) groups is 1. The van der Waals surface area contributed by atoms with E-state index >= 15 is 0 Å². The van der Waals surface area contributed by atoms with Gasteiger partial charge in [-0.15, -0.1) is 0 Å². The van der Waals surface area contributed by atoms with Gasteiger partial charge in [-0.25, -0.2) is 8.42 Å². The van der Waals surface area contributed by atoms with Gasteiger partial charge in [-0.05, 0) is 37.2 Å². The minimum absolute atomic E-state index is 0.159. The molecule has 0 aliphatic rings. The molecule has 0 saturated heterocycles. The minimum atomic E-state index is -3.31. The summed E-state index contributed by atoms with van der Waals surface area (Å²) in [5.41, 5.74) is 2.74. The number of rotatable bonds is 6. The first kappa shape index (κ1) is 18.2. The summed E-state index contributed by atoms with van der Waals surface area (Å²) in [5.74, 6) is -0.159. The molecule has 2 aromatic carbocycles. The molecule has 0 heterocycles. The summed E-state index contributed by atoms with van der Waals surface area (Å²) in [6, 6.07) is 14.1. The van der Waals surface area contributed by atoms with Gasteiger partial charge in [0.1, 0.15) is 0 Å². The first-order valence-electron chi connectivity index (χ1n) is 7.62. The van der Waals surface area contributed by atoms with E-state index in [-0.39, 0.29) is 17.3 Å². The van der Waals surface area contributed by atoms with Crippen molar-refractivity contribution in [1.29, 1.82) is 0 Å². The van der Waals surface area contributed by atoms with Crippen molar-refractivity contribution in [3.8, 4) is 0 Å². The van der Waals surface area contributed by atoms with Gasteiger partial charge < -0.3 is 10.6 Å². The fraction of sp³-hybridized carbons (Fsp3) is 0.278. The maximum absolute atomic E-state index is 12.1. The predicted molar refractivity (Wildman–Crippen MR) is 94.6 cm³/mol. The van der Waals surface area contributed by atoms with Crippen LogP contribution in [-0.4, -0.2) is 34.2 Å². The van der Waals surface area contributed by atoms with Crippen molar-refractivity contribution in [3.05, 3.63) is 65.2 Å². The fourth-order valence-electron chi connectivity index (χ4n) is 2.42. The van der Waals surface area contributed by atoms with Gasteiger partial charge in [0.15, 0.2) is 9.84 Å². The van der Waals surface area contributed by atoms with E-state index in [1.165, 1.54) is 6.26 Å². The molecule has 1 amide bonds. The van der Waals surface area contributed by atoms with Crippen molar-refractivity contribution in [2.24, 2.45) is 0 Å². The fourth-order valence-corrected chi connectivity index (χ4v) is 3.09. The number of nitrogens with one attached hydrogen (secondary N) is 2. The Labute approximate surface area is 143 Å². The van der Waals surface area contributed by atoms with Gasteiger partial charge in [-0.2, -0.15) is 0 Å². The molecule has 0 aromatic heterocycles. The van der Waals surface area contributed by atoms with Gasteiger partial charge in [0, 0.05) is 6.26 Å². The van der Waals surface area contributed by atoms with Crippen LogP contribution >= 0.6 is 0 Å². The number of hydrogen-bond acceptors (Lipinski definition) is 4. The highest BCUT2D eigenvalue weighted by Crippen LogP contribution is 2.24. The lowest BCUT2D eigenvalue weighted by Crippen LogP contribution is -2.35. The average Bonchev–Trinajstić information content (AvgIpc) is 2.53. The second-order valence-electron chi connectivity index (χ2n) is 5.79. The van der Waals surface area contributed by atoms with Gasteiger partial charge in [0.25, 0.3) is 0 Å². The van der Waals surface area contributed by atoms with Crippen molar-refractivity contribution >= 4 is 15.7 Å².